The average Bonchev–Trinajstić information content (AvgIpc) is 3.03. The highest BCUT2D eigenvalue weighted by molar-refractivity contribution is 9.10. The molecule has 8 heteroatoms. The van der Waals surface area contributed by atoms with E-state index < -0.39 is 23.2 Å². The van der Waals surface area contributed by atoms with Gasteiger partial charge in [0.1, 0.15) is 11.2 Å². The average molecular weight is 534 g/mol. The van der Waals surface area contributed by atoms with Crippen LogP contribution in [-0.2, 0) is 15.0 Å². The van der Waals surface area contributed by atoms with Crippen molar-refractivity contribution in [2.45, 2.75) is 23.8 Å². The van der Waals surface area contributed by atoms with Crippen molar-refractivity contribution >= 4 is 56.6 Å². The van der Waals surface area contributed by atoms with Crippen LogP contribution in [0.15, 0.2) is 65.1 Å². The van der Waals surface area contributed by atoms with Crippen molar-refractivity contribution in [2.24, 2.45) is 0 Å². The van der Waals surface area contributed by atoms with Crippen LogP contribution in [-0.4, -0.2) is 11.8 Å². The van der Waals surface area contributed by atoms with Gasteiger partial charge in [-0.15, -0.1) is 0 Å². The van der Waals surface area contributed by atoms with Gasteiger partial charge in [0.2, 0.25) is 11.8 Å². The second-order valence-electron chi connectivity index (χ2n) is 7.97. The SMILES string of the molecule is O=C1C[C@@H](c2cccc(Cl)c2)[C@]2(C(=O)Nc3cc(Cl)ccc32)[C@H](c2cccc(Br)c2F)N1. The summed E-state index contributed by atoms with van der Waals surface area (Å²) in [7, 11) is 0. The lowest BCUT2D eigenvalue weighted by molar-refractivity contribution is -0.131. The number of hydrogen-bond acceptors (Lipinski definition) is 2. The maximum absolute atomic E-state index is 15.3. The minimum atomic E-state index is -1.31. The number of fused-ring (bicyclic) bond motifs is 2. The van der Waals surface area contributed by atoms with Crippen LogP contribution in [0.3, 0.4) is 0 Å². The number of carbonyl (C=O) groups excluding carboxylic acids is 2. The highest BCUT2D eigenvalue weighted by Gasteiger charge is 2.61. The van der Waals surface area contributed by atoms with Crippen molar-refractivity contribution in [3.8, 4) is 0 Å². The number of piperidine rings is 1. The van der Waals surface area contributed by atoms with E-state index in [4.69, 9.17) is 23.2 Å². The summed E-state index contributed by atoms with van der Waals surface area (Å²) in [6, 6.07) is 16.1. The molecular weight excluding hydrogens is 518 g/mol. The molecule has 162 valence electrons. The molecule has 1 spiro atoms. The first-order chi connectivity index (χ1) is 15.3. The third-order valence-electron chi connectivity index (χ3n) is 6.29. The Bertz CT molecular complexity index is 1280. The molecule has 2 N–H and O–H groups in total. The van der Waals surface area contributed by atoms with Crippen LogP contribution in [0, 0.1) is 5.82 Å². The Balaban J connectivity index is 1.83. The molecular formula is C24H16BrCl2FN2O2. The van der Waals surface area contributed by atoms with E-state index in [0.717, 1.165) is 5.56 Å². The van der Waals surface area contributed by atoms with Gasteiger partial charge in [-0.1, -0.05) is 53.5 Å². The minimum Gasteiger partial charge on any atom is -0.348 e. The van der Waals surface area contributed by atoms with Gasteiger partial charge >= 0.3 is 0 Å². The highest BCUT2D eigenvalue weighted by Crippen LogP contribution is 2.58. The zero-order valence-corrected chi connectivity index (χ0v) is 19.6. The molecule has 2 aliphatic rings. The summed E-state index contributed by atoms with van der Waals surface area (Å²) in [5.41, 5.74) is 0.843. The summed E-state index contributed by atoms with van der Waals surface area (Å²) >= 11 is 15.7. The Morgan fingerprint density at radius 2 is 1.75 bits per heavy atom. The third-order valence-corrected chi connectivity index (χ3v) is 7.38. The first-order valence-electron chi connectivity index (χ1n) is 9.92. The summed E-state index contributed by atoms with van der Waals surface area (Å²) in [6.45, 7) is 0. The Hall–Kier alpha value is -2.41. The van der Waals surface area contributed by atoms with Gasteiger partial charge in [0.05, 0.1) is 10.5 Å². The number of nitrogens with one attached hydrogen (secondary N) is 2. The number of amides is 2. The second kappa shape index (κ2) is 7.87. The van der Waals surface area contributed by atoms with Gasteiger partial charge in [0.15, 0.2) is 0 Å². The number of anilines is 1. The topological polar surface area (TPSA) is 58.2 Å². The fraction of sp³-hybridized carbons (Fsp3) is 0.167. The maximum Gasteiger partial charge on any atom is 0.238 e. The van der Waals surface area contributed by atoms with Gasteiger partial charge in [0.25, 0.3) is 0 Å². The van der Waals surface area contributed by atoms with Crippen LogP contribution < -0.4 is 10.6 Å². The number of benzene rings is 3. The smallest absolute Gasteiger partial charge is 0.238 e. The lowest BCUT2D eigenvalue weighted by atomic mass is 9.59. The van der Waals surface area contributed by atoms with Crippen LogP contribution >= 0.6 is 39.1 Å². The summed E-state index contributed by atoms with van der Waals surface area (Å²) in [6.07, 6.45) is 0.0436. The van der Waals surface area contributed by atoms with Crippen LogP contribution in [0.5, 0.6) is 0 Å². The molecule has 3 aromatic carbocycles. The predicted molar refractivity (Wildman–Crippen MR) is 126 cm³/mol. The van der Waals surface area contributed by atoms with Crippen LogP contribution in [0.4, 0.5) is 10.1 Å². The molecule has 5 rings (SSSR count). The van der Waals surface area contributed by atoms with Crippen LogP contribution in [0.2, 0.25) is 10.0 Å². The van der Waals surface area contributed by atoms with Gasteiger partial charge in [-0.3, -0.25) is 9.59 Å². The number of carbonyl (C=O) groups is 2. The molecule has 0 unspecified atom stereocenters. The molecule has 4 nitrogen and oxygen atoms in total. The molecule has 2 aliphatic heterocycles. The first-order valence-corrected chi connectivity index (χ1v) is 11.5. The normalized spacial score (nSPS) is 24.2. The van der Waals surface area contributed by atoms with Gasteiger partial charge < -0.3 is 10.6 Å². The molecule has 0 saturated carbocycles. The molecule has 2 heterocycles. The van der Waals surface area contributed by atoms with Crippen molar-refractivity contribution in [1.29, 1.82) is 0 Å². The Labute approximate surface area is 202 Å². The molecule has 0 radical (unpaired) electrons. The highest BCUT2D eigenvalue weighted by atomic mass is 79.9. The summed E-state index contributed by atoms with van der Waals surface area (Å²) in [4.78, 5) is 26.7. The summed E-state index contributed by atoms with van der Waals surface area (Å²) < 4.78 is 15.6. The van der Waals surface area contributed by atoms with Crippen molar-refractivity contribution < 1.29 is 14.0 Å². The lowest BCUT2D eigenvalue weighted by Crippen LogP contribution is -2.57. The molecule has 0 aromatic heterocycles. The molecule has 1 saturated heterocycles. The van der Waals surface area contributed by atoms with Crippen molar-refractivity contribution in [1.82, 2.24) is 5.32 Å². The zero-order chi connectivity index (χ0) is 22.6. The molecule has 3 aromatic rings. The molecule has 3 atom stereocenters. The molecule has 2 amide bonds. The fourth-order valence-electron chi connectivity index (χ4n) is 5.01. The Morgan fingerprint density at radius 1 is 1.00 bits per heavy atom. The van der Waals surface area contributed by atoms with Gasteiger partial charge in [-0.05, 0) is 57.4 Å². The summed E-state index contributed by atoms with van der Waals surface area (Å²) in [5.74, 6) is -1.72. The van der Waals surface area contributed by atoms with E-state index in [2.05, 4.69) is 26.6 Å². The standard InChI is InChI=1S/C24H16BrCl2FN2O2/c25-18-6-2-5-15(21(18)28)22-24(16-8-7-14(27)10-19(16)29-23(24)32)17(11-20(31)30-22)12-3-1-4-13(26)9-12/h1-10,17,22H,11H2,(H,29,32)(H,30,31)/t17-,22-,24-/m0/s1. The van der Waals surface area contributed by atoms with E-state index in [1.54, 1.807) is 54.6 Å². The zero-order valence-electron chi connectivity index (χ0n) is 16.5. The number of hydrogen-bond donors (Lipinski definition) is 2. The third kappa shape index (κ3) is 3.16. The van der Waals surface area contributed by atoms with E-state index in [0.29, 0.717) is 21.3 Å². The van der Waals surface area contributed by atoms with E-state index >= 15 is 4.39 Å². The number of halogens is 4. The second-order valence-corrected chi connectivity index (χ2v) is 9.70. The van der Waals surface area contributed by atoms with E-state index in [1.165, 1.54) is 0 Å². The quantitative estimate of drug-likeness (QED) is 0.416. The first kappa shape index (κ1) is 21.4. The minimum absolute atomic E-state index is 0.0436. The van der Waals surface area contributed by atoms with E-state index in [9.17, 15) is 9.59 Å². The van der Waals surface area contributed by atoms with Crippen molar-refractivity contribution in [2.75, 3.05) is 5.32 Å². The largest absolute Gasteiger partial charge is 0.348 e. The van der Waals surface area contributed by atoms with E-state index in [1.807, 2.05) is 6.07 Å². The maximum atomic E-state index is 15.3. The Morgan fingerprint density at radius 3 is 2.53 bits per heavy atom. The fourth-order valence-corrected chi connectivity index (χ4v) is 5.77. The lowest BCUT2D eigenvalue weighted by Gasteiger charge is -2.46. The summed E-state index contributed by atoms with van der Waals surface area (Å²) in [5, 5.41) is 6.78. The monoisotopic (exact) mass is 532 g/mol. The van der Waals surface area contributed by atoms with Crippen LogP contribution in [0.1, 0.15) is 35.1 Å². The number of rotatable bonds is 2. The predicted octanol–water partition coefficient (Wildman–Crippen LogP) is 6.13. The van der Waals surface area contributed by atoms with Gasteiger partial charge in [-0.25, -0.2) is 4.39 Å². The van der Waals surface area contributed by atoms with Gasteiger partial charge in [0, 0.05) is 33.6 Å². The van der Waals surface area contributed by atoms with Crippen molar-refractivity contribution in [3.63, 3.8) is 0 Å². The van der Waals surface area contributed by atoms with Crippen LogP contribution in [0.25, 0.3) is 0 Å². The van der Waals surface area contributed by atoms with E-state index in [-0.39, 0.29) is 28.3 Å². The molecule has 32 heavy (non-hydrogen) atoms. The van der Waals surface area contributed by atoms with Gasteiger partial charge in [-0.2, -0.15) is 0 Å². The Kier molecular flexibility index (Phi) is 5.27. The van der Waals surface area contributed by atoms with Crippen molar-refractivity contribution in [3.05, 3.63) is 97.7 Å². The molecule has 0 bridgehead atoms. The molecule has 1 fully saturated rings. The molecule has 0 aliphatic carbocycles.